The van der Waals surface area contributed by atoms with E-state index in [1.165, 1.54) is 0 Å². The summed E-state index contributed by atoms with van der Waals surface area (Å²) < 4.78 is 5.18. The third-order valence-electron chi connectivity index (χ3n) is 2.79. The van der Waals surface area contributed by atoms with Gasteiger partial charge in [-0.2, -0.15) is 0 Å². The molecule has 1 aliphatic heterocycles. The van der Waals surface area contributed by atoms with Gasteiger partial charge in [0.2, 0.25) is 5.91 Å². The summed E-state index contributed by atoms with van der Waals surface area (Å²) in [5.74, 6) is -1.72. The molecule has 7 heteroatoms. The Labute approximate surface area is 99.1 Å². The third-order valence-corrected chi connectivity index (χ3v) is 2.79. The fraction of sp³-hybridized carbons (Fsp3) is 0.800. The van der Waals surface area contributed by atoms with E-state index in [0.29, 0.717) is 13.2 Å². The summed E-state index contributed by atoms with van der Waals surface area (Å²) in [4.78, 5) is 22.0. The van der Waals surface area contributed by atoms with Crippen LogP contribution in [0, 0.1) is 5.92 Å². The number of carbonyl (C=O) groups is 2. The standard InChI is InChI=1S/C10H18N2O5/c1-11-7-5-17-4-6(7)9(14)12-3-2-8(13)10(15)16/h6-8,11,13H,2-5H2,1H3,(H,12,14)(H,15,16). The van der Waals surface area contributed by atoms with Crippen molar-refractivity contribution in [2.24, 2.45) is 5.92 Å². The number of aliphatic hydroxyl groups is 1. The molecule has 17 heavy (non-hydrogen) atoms. The Kier molecular flexibility index (Phi) is 5.33. The highest BCUT2D eigenvalue weighted by Gasteiger charge is 2.32. The Balaban J connectivity index is 2.27. The molecule has 1 fully saturated rings. The summed E-state index contributed by atoms with van der Waals surface area (Å²) in [7, 11) is 1.76. The fourth-order valence-corrected chi connectivity index (χ4v) is 1.68. The van der Waals surface area contributed by atoms with Crippen LogP contribution in [0.25, 0.3) is 0 Å². The van der Waals surface area contributed by atoms with Gasteiger partial charge in [0.15, 0.2) is 6.10 Å². The highest BCUT2D eigenvalue weighted by atomic mass is 16.5. The first kappa shape index (κ1) is 13.9. The Morgan fingerprint density at radius 1 is 1.47 bits per heavy atom. The summed E-state index contributed by atoms with van der Waals surface area (Å²) in [6, 6.07) is -0.0144. The normalized spacial score (nSPS) is 25.5. The lowest BCUT2D eigenvalue weighted by Gasteiger charge is -2.16. The number of carbonyl (C=O) groups excluding carboxylic acids is 1. The molecule has 0 aromatic rings. The molecule has 0 aromatic carbocycles. The molecule has 4 N–H and O–H groups in total. The van der Waals surface area contributed by atoms with Gasteiger partial charge in [-0.15, -0.1) is 0 Å². The molecule has 1 saturated heterocycles. The second-order valence-corrected chi connectivity index (χ2v) is 3.97. The second kappa shape index (κ2) is 6.53. The van der Waals surface area contributed by atoms with E-state index in [0.717, 1.165) is 0 Å². The van der Waals surface area contributed by atoms with Gasteiger partial charge in [-0.3, -0.25) is 4.79 Å². The number of ether oxygens (including phenoxy) is 1. The van der Waals surface area contributed by atoms with E-state index in [1.54, 1.807) is 7.05 Å². The minimum atomic E-state index is -1.43. The summed E-state index contributed by atoms with van der Waals surface area (Å²) in [6.07, 6.45) is -1.44. The van der Waals surface area contributed by atoms with E-state index < -0.39 is 12.1 Å². The number of aliphatic hydroxyl groups excluding tert-OH is 1. The zero-order valence-electron chi connectivity index (χ0n) is 9.68. The molecule has 0 radical (unpaired) electrons. The number of rotatable bonds is 6. The van der Waals surface area contributed by atoms with Crippen LogP contribution in [0.5, 0.6) is 0 Å². The van der Waals surface area contributed by atoms with Crippen molar-refractivity contribution in [3.8, 4) is 0 Å². The largest absolute Gasteiger partial charge is 0.479 e. The number of amides is 1. The first-order valence-corrected chi connectivity index (χ1v) is 5.50. The molecule has 1 amide bonds. The molecule has 3 unspecified atom stereocenters. The van der Waals surface area contributed by atoms with E-state index in [-0.39, 0.29) is 30.8 Å². The predicted octanol–water partition coefficient (Wildman–Crippen LogP) is -1.83. The summed E-state index contributed by atoms with van der Waals surface area (Å²) in [6.45, 7) is 0.990. The summed E-state index contributed by atoms with van der Waals surface area (Å²) in [5, 5.41) is 23.0. The van der Waals surface area contributed by atoms with Gasteiger partial charge in [0, 0.05) is 19.0 Å². The number of carboxylic acids is 1. The lowest BCUT2D eigenvalue weighted by Crippen LogP contribution is -2.43. The van der Waals surface area contributed by atoms with Crippen molar-refractivity contribution >= 4 is 11.9 Å². The van der Waals surface area contributed by atoms with Crippen molar-refractivity contribution in [3.63, 3.8) is 0 Å². The maximum Gasteiger partial charge on any atom is 0.332 e. The van der Waals surface area contributed by atoms with E-state index in [4.69, 9.17) is 14.9 Å². The van der Waals surface area contributed by atoms with Crippen molar-refractivity contribution in [1.29, 1.82) is 0 Å². The second-order valence-electron chi connectivity index (χ2n) is 3.97. The Morgan fingerprint density at radius 3 is 2.76 bits per heavy atom. The third kappa shape index (κ3) is 3.95. The smallest absolute Gasteiger partial charge is 0.332 e. The molecule has 0 spiro atoms. The zero-order valence-corrected chi connectivity index (χ0v) is 9.68. The van der Waals surface area contributed by atoms with Gasteiger partial charge in [-0.25, -0.2) is 4.79 Å². The van der Waals surface area contributed by atoms with Crippen LogP contribution in [0.4, 0.5) is 0 Å². The Hall–Kier alpha value is -1.18. The lowest BCUT2D eigenvalue weighted by molar-refractivity contribution is -0.147. The molecule has 7 nitrogen and oxygen atoms in total. The average molecular weight is 246 g/mol. The lowest BCUT2D eigenvalue weighted by atomic mass is 10.0. The average Bonchev–Trinajstić information content (AvgIpc) is 2.76. The van der Waals surface area contributed by atoms with Crippen molar-refractivity contribution in [2.45, 2.75) is 18.6 Å². The van der Waals surface area contributed by atoms with Crippen LogP contribution in [0.15, 0.2) is 0 Å². The topological polar surface area (TPSA) is 108 Å². The predicted molar refractivity (Wildman–Crippen MR) is 58.4 cm³/mol. The van der Waals surface area contributed by atoms with Gasteiger partial charge in [-0.05, 0) is 7.05 Å². The number of hydrogen-bond acceptors (Lipinski definition) is 5. The molecule has 1 rings (SSSR count). The number of aliphatic carboxylic acids is 1. The van der Waals surface area contributed by atoms with Gasteiger partial charge in [0.25, 0.3) is 0 Å². The fourth-order valence-electron chi connectivity index (χ4n) is 1.68. The van der Waals surface area contributed by atoms with Gasteiger partial charge >= 0.3 is 5.97 Å². The SMILES string of the molecule is CNC1COCC1C(=O)NCCC(O)C(=O)O. The van der Waals surface area contributed by atoms with Crippen LogP contribution < -0.4 is 10.6 Å². The van der Waals surface area contributed by atoms with Crippen molar-refractivity contribution < 1.29 is 24.5 Å². The van der Waals surface area contributed by atoms with E-state index >= 15 is 0 Å². The van der Waals surface area contributed by atoms with E-state index in [9.17, 15) is 9.59 Å². The highest BCUT2D eigenvalue weighted by molar-refractivity contribution is 5.80. The molecule has 0 saturated carbocycles. The van der Waals surface area contributed by atoms with Gasteiger partial charge < -0.3 is 25.6 Å². The highest BCUT2D eigenvalue weighted by Crippen LogP contribution is 2.13. The van der Waals surface area contributed by atoms with Crippen LogP contribution in [-0.4, -0.2) is 61.0 Å². The molecule has 1 aliphatic rings. The van der Waals surface area contributed by atoms with Crippen LogP contribution in [0.2, 0.25) is 0 Å². The molecule has 0 bridgehead atoms. The van der Waals surface area contributed by atoms with Crippen molar-refractivity contribution in [2.75, 3.05) is 26.8 Å². The zero-order chi connectivity index (χ0) is 12.8. The number of nitrogens with one attached hydrogen (secondary N) is 2. The maximum absolute atomic E-state index is 11.7. The summed E-state index contributed by atoms with van der Waals surface area (Å²) >= 11 is 0. The molecule has 3 atom stereocenters. The quantitative estimate of drug-likeness (QED) is 0.439. The van der Waals surface area contributed by atoms with Crippen molar-refractivity contribution in [3.05, 3.63) is 0 Å². The Bertz CT molecular complexity index is 284. The first-order valence-electron chi connectivity index (χ1n) is 5.50. The van der Waals surface area contributed by atoms with Crippen LogP contribution in [0.1, 0.15) is 6.42 Å². The van der Waals surface area contributed by atoms with Crippen molar-refractivity contribution in [1.82, 2.24) is 10.6 Å². The van der Waals surface area contributed by atoms with E-state index in [2.05, 4.69) is 10.6 Å². The van der Waals surface area contributed by atoms with Gasteiger partial charge in [-0.1, -0.05) is 0 Å². The van der Waals surface area contributed by atoms with E-state index in [1.807, 2.05) is 0 Å². The number of carboxylic acid groups (broad SMARTS) is 1. The summed E-state index contributed by atoms with van der Waals surface area (Å²) in [5.41, 5.74) is 0. The molecular formula is C10H18N2O5. The Morgan fingerprint density at radius 2 is 2.18 bits per heavy atom. The number of likely N-dealkylation sites (N-methyl/N-ethyl adjacent to an activating group) is 1. The van der Waals surface area contributed by atoms with Crippen LogP contribution in [0.3, 0.4) is 0 Å². The molecule has 0 aliphatic carbocycles. The molecular weight excluding hydrogens is 228 g/mol. The molecule has 98 valence electrons. The van der Waals surface area contributed by atoms with Crippen LogP contribution >= 0.6 is 0 Å². The first-order chi connectivity index (χ1) is 8.06. The molecule has 1 heterocycles. The number of hydrogen-bond donors (Lipinski definition) is 4. The minimum absolute atomic E-state index is 0.00112. The van der Waals surface area contributed by atoms with Gasteiger partial charge in [0.1, 0.15) is 0 Å². The molecule has 0 aromatic heterocycles. The van der Waals surface area contributed by atoms with Gasteiger partial charge in [0.05, 0.1) is 19.1 Å². The maximum atomic E-state index is 11.7. The van der Waals surface area contributed by atoms with Crippen LogP contribution in [-0.2, 0) is 14.3 Å². The minimum Gasteiger partial charge on any atom is -0.479 e. The monoisotopic (exact) mass is 246 g/mol.